The van der Waals surface area contributed by atoms with Gasteiger partial charge < -0.3 is 16.0 Å². The molecular weight excluding hydrogens is 382 g/mol. The highest BCUT2D eigenvalue weighted by molar-refractivity contribution is 9.11. The van der Waals surface area contributed by atoms with E-state index in [1.165, 1.54) is 28.4 Å². The zero-order chi connectivity index (χ0) is 17.0. The van der Waals surface area contributed by atoms with Gasteiger partial charge in [-0.05, 0) is 52.3 Å². The molecule has 3 N–H and O–H groups in total. The maximum atomic E-state index is 12.1. The summed E-state index contributed by atoms with van der Waals surface area (Å²) in [6, 6.07) is 9.69. The Bertz CT molecular complexity index is 743. The third-order valence-corrected chi connectivity index (χ3v) is 4.58. The van der Waals surface area contributed by atoms with Crippen LogP contribution in [-0.2, 0) is 4.79 Å². The van der Waals surface area contributed by atoms with E-state index in [2.05, 4.69) is 21.2 Å². The summed E-state index contributed by atoms with van der Waals surface area (Å²) >= 11 is 4.61. The summed E-state index contributed by atoms with van der Waals surface area (Å²) in [5.41, 5.74) is 6.04. The lowest BCUT2D eigenvalue weighted by Gasteiger charge is -2.16. The fraction of sp³-hybridized carbons (Fsp3) is 0.133. The van der Waals surface area contributed by atoms with Crippen molar-refractivity contribution in [2.75, 3.05) is 18.9 Å². The quantitative estimate of drug-likeness (QED) is 0.813. The normalized spacial score (nSPS) is 10.2. The van der Waals surface area contributed by atoms with Crippen molar-refractivity contribution in [1.82, 2.24) is 4.90 Å². The van der Waals surface area contributed by atoms with Crippen LogP contribution < -0.4 is 11.1 Å². The lowest BCUT2D eigenvalue weighted by Crippen LogP contribution is -2.34. The van der Waals surface area contributed by atoms with Crippen LogP contribution in [0, 0.1) is 0 Å². The van der Waals surface area contributed by atoms with Crippen LogP contribution in [0.3, 0.4) is 0 Å². The number of carbonyl (C=O) groups is 3. The van der Waals surface area contributed by atoms with Gasteiger partial charge in [-0.2, -0.15) is 0 Å². The number of likely N-dealkylation sites (N-methyl/N-ethyl adjacent to an activating group) is 1. The fourth-order valence-electron chi connectivity index (χ4n) is 1.82. The molecule has 0 aliphatic carbocycles. The predicted molar refractivity (Wildman–Crippen MR) is 92.6 cm³/mol. The Morgan fingerprint density at radius 1 is 1.17 bits per heavy atom. The van der Waals surface area contributed by atoms with Gasteiger partial charge in [-0.25, -0.2) is 0 Å². The van der Waals surface area contributed by atoms with Crippen LogP contribution in [0.15, 0.2) is 40.2 Å². The molecule has 0 atom stereocenters. The summed E-state index contributed by atoms with van der Waals surface area (Å²) in [5, 5.41) is 2.66. The second-order valence-electron chi connectivity index (χ2n) is 4.75. The summed E-state index contributed by atoms with van der Waals surface area (Å²) in [4.78, 5) is 37.0. The first-order valence-electron chi connectivity index (χ1n) is 6.57. The molecule has 23 heavy (non-hydrogen) atoms. The summed E-state index contributed by atoms with van der Waals surface area (Å²) in [5.74, 6) is -1.08. The van der Waals surface area contributed by atoms with Gasteiger partial charge in [-0.1, -0.05) is 0 Å². The molecule has 0 spiro atoms. The van der Waals surface area contributed by atoms with E-state index in [1.807, 2.05) is 0 Å². The number of primary amides is 1. The maximum Gasteiger partial charge on any atom is 0.264 e. The Balaban J connectivity index is 1.93. The Labute approximate surface area is 145 Å². The van der Waals surface area contributed by atoms with Crippen LogP contribution in [0.1, 0.15) is 20.0 Å². The minimum Gasteiger partial charge on any atom is -0.366 e. The molecule has 2 rings (SSSR count). The molecule has 120 valence electrons. The van der Waals surface area contributed by atoms with Gasteiger partial charge in [0.1, 0.15) is 0 Å². The van der Waals surface area contributed by atoms with E-state index in [9.17, 15) is 14.4 Å². The number of halogens is 1. The standard InChI is InChI=1S/C15H14BrN3O3S/c1-19(15(22)11-6-7-12(16)23-11)8-13(20)18-10-4-2-9(3-5-10)14(17)21/h2-7H,8H2,1H3,(H2,17,21)(H,18,20). The highest BCUT2D eigenvalue weighted by atomic mass is 79.9. The lowest BCUT2D eigenvalue weighted by atomic mass is 10.2. The topological polar surface area (TPSA) is 92.5 Å². The van der Waals surface area contributed by atoms with Crippen LogP contribution in [-0.4, -0.2) is 36.2 Å². The monoisotopic (exact) mass is 395 g/mol. The number of nitrogens with one attached hydrogen (secondary N) is 1. The third-order valence-electron chi connectivity index (χ3n) is 2.96. The molecule has 0 saturated carbocycles. The van der Waals surface area contributed by atoms with Crippen molar-refractivity contribution in [3.05, 3.63) is 50.6 Å². The van der Waals surface area contributed by atoms with Gasteiger partial charge in [0.2, 0.25) is 11.8 Å². The molecule has 2 aromatic rings. The average molecular weight is 396 g/mol. The van der Waals surface area contributed by atoms with Gasteiger partial charge in [0.25, 0.3) is 5.91 Å². The van der Waals surface area contributed by atoms with E-state index in [0.29, 0.717) is 16.1 Å². The SMILES string of the molecule is CN(CC(=O)Nc1ccc(C(N)=O)cc1)C(=O)c1ccc(Br)s1. The Hall–Kier alpha value is -2.19. The number of carbonyl (C=O) groups excluding carboxylic acids is 3. The third kappa shape index (κ3) is 4.64. The summed E-state index contributed by atoms with van der Waals surface area (Å²) in [7, 11) is 1.56. The zero-order valence-corrected chi connectivity index (χ0v) is 14.6. The van der Waals surface area contributed by atoms with Crippen molar-refractivity contribution < 1.29 is 14.4 Å². The molecule has 0 radical (unpaired) electrons. The van der Waals surface area contributed by atoms with E-state index in [-0.39, 0.29) is 18.4 Å². The van der Waals surface area contributed by atoms with Crippen molar-refractivity contribution in [3.63, 3.8) is 0 Å². The van der Waals surface area contributed by atoms with Crippen LogP contribution in [0.2, 0.25) is 0 Å². The summed E-state index contributed by atoms with van der Waals surface area (Å²) in [6.45, 7) is -0.0775. The molecule has 0 unspecified atom stereocenters. The lowest BCUT2D eigenvalue weighted by molar-refractivity contribution is -0.116. The molecule has 8 heteroatoms. The highest BCUT2D eigenvalue weighted by Gasteiger charge is 2.16. The Morgan fingerprint density at radius 2 is 1.83 bits per heavy atom. The van der Waals surface area contributed by atoms with Crippen molar-refractivity contribution in [3.8, 4) is 0 Å². The number of hydrogen-bond acceptors (Lipinski definition) is 4. The van der Waals surface area contributed by atoms with E-state index in [0.717, 1.165) is 3.79 Å². The number of nitrogens with zero attached hydrogens (tertiary/aromatic N) is 1. The van der Waals surface area contributed by atoms with Gasteiger partial charge in [0.05, 0.1) is 15.2 Å². The van der Waals surface area contributed by atoms with Crippen molar-refractivity contribution in [2.24, 2.45) is 5.73 Å². The number of nitrogens with two attached hydrogens (primary N) is 1. The minimum absolute atomic E-state index is 0.0775. The molecule has 0 aliphatic rings. The van der Waals surface area contributed by atoms with Crippen LogP contribution in [0.25, 0.3) is 0 Å². The highest BCUT2D eigenvalue weighted by Crippen LogP contribution is 2.23. The first-order chi connectivity index (χ1) is 10.9. The number of rotatable bonds is 5. The van der Waals surface area contributed by atoms with E-state index in [4.69, 9.17) is 5.73 Å². The van der Waals surface area contributed by atoms with E-state index in [1.54, 1.807) is 31.3 Å². The van der Waals surface area contributed by atoms with Crippen LogP contribution in [0.4, 0.5) is 5.69 Å². The van der Waals surface area contributed by atoms with Crippen LogP contribution in [0.5, 0.6) is 0 Å². The first-order valence-corrected chi connectivity index (χ1v) is 8.18. The molecule has 0 aliphatic heterocycles. The molecule has 1 aromatic heterocycles. The van der Waals surface area contributed by atoms with E-state index < -0.39 is 5.91 Å². The second kappa shape index (κ2) is 7.38. The van der Waals surface area contributed by atoms with Crippen molar-refractivity contribution in [2.45, 2.75) is 0 Å². The molecule has 0 fully saturated rings. The Morgan fingerprint density at radius 3 is 2.35 bits per heavy atom. The molecule has 6 nitrogen and oxygen atoms in total. The van der Waals surface area contributed by atoms with Gasteiger partial charge >= 0.3 is 0 Å². The number of thiophene rings is 1. The molecule has 1 heterocycles. The summed E-state index contributed by atoms with van der Waals surface area (Å²) < 4.78 is 0.855. The van der Waals surface area contributed by atoms with Gasteiger partial charge in [-0.15, -0.1) is 11.3 Å². The minimum atomic E-state index is -0.532. The maximum absolute atomic E-state index is 12.1. The zero-order valence-electron chi connectivity index (χ0n) is 12.2. The molecule has 1 aromatic carbocycles. The number of benzene rings is 1. The van der Waals surface area contributed by atoms with E-state index >= 15 is 0 Å². The van der Waals surface area contributed by atoms with Gasteiger partial charge in [0.15, 0.2) is 0 Å². The van der Waals surface area contributed by atoms with Gasteiger partial charge in [0, 0.05) is 18.3 Å². The van der Waals surface area contributed by atoms with Gasteiger partial charge in [-0.3, -0.25) is 14.4 Å². The van der Waals surface area contributed by atoms with Crippen LogP contribution >= 0.6 is 27.3 Å². The molecule has 0 bridgehead atoms. The second-order valence-corrected chi connectivity index (χ2v) is 7.22. The molecular formula is C15H14BrN3O3S. The number of hydrogen-bond donors (Lipinski definition) is 2. The number of amides is 3. The largest absolute Gasteiger partial charge is 0.366 e. The molecule has 0 saturated heterocycles. The average Bonchev–Trinajstić information content (AvgIpc) is 2.93. The fourth-order valence-corrected chi connectivity index (χ4v) is 3.20. The predicted octanol–water partition coefficient (Wildman–Crippen LogP) is 2.32. The molecule has 3 amide bonds. The number of anilines is 1. The smallest absolute Gasteiger partial charge is 0.264 e. The summed E-state index contributed by atoms with van der Waals surface area (Å²) in [6.07, 6.45) is 0. The first kappa shape index (κ1) is 17.2. The van der Waals surface area contributed by atoms with Crippen molar-refractivity contribution in [1.29, 1.82) is 0 Å². The Kier molecular flexibility index (Phi) is 5.51. The van der Waals surface area contributed by atoms with Crippen molar-refractivity contribution >= 4 is 50.7 Å².